The van der Waals surface area contributed by atoms with Crippen LogP contribution < -0.4 is 4.74 Å². The van der Waals surface area contributed by atoms with E-state index in [0.29, 0.717) is 34.9 Å². The predicted octanol–water partition coefficient (Wildman–Crippen LogP) is 6.75. The highest BCUT2D eigenvalue weighted by atomic mass is 32.1. The molecule has 0 radical (unpaired) electrons. The number of carbonyl (C=O) groups is 1. The van der Waals surface area contributed by atoms with Crippen molar-refractivity contribution in [3.63, 3.8) is 0 Å². The lowest BCUT2D eigenvalue weighted by atomic mass is 9.80. The minimum absolute atomic E-state index is 0.210. The largest absolute Gasteiger partial charge is 0.493 e. The van der Waals surface area contributed by atoms with Gasteiger partial charge in [-0.05, 0) is 87.1 Å². The van der Waals surface area contributed by atoms with Gasteiger partial charge in [0.25, 0.3) is 0 Å². The first-order valence-corrected chi connectivity index (χ1v) is 12.6. The maximum Gasteiger partial charge on any atom is 0.336 e. The maximum absolute atomic E-state index is 12.4. The third kappa shape index (κ3) is 4.17. The molecule has 0 amide bonds. The van der Waals surface area contributed by atoms with Crippen LogP contribution in [-0.2, 0) is 0 Å². The highest BCUT2D eigenvalue weighted by Gasteiger charge is 2.29. The Morgan fingerprint density at radius 1 is 1.18 bits per heavy atom. The molecular formula is C28H29NO4S. The van der Waals surface area contributed by atoms with Gasteiger partial charge in [-0.15, -0.1) is 11.3 Å². The SMILES string of the molecule is Cc1c(-c2cc(C(=O)O)c3c(OC[C@H]4CC[C@@](C)(O)CC4)ccc(C)c3n2)sc2ccccc12. The molecule has 2 N–H and O–H groups in total. The maximum atomic E-state index is 12.4. The van der Waals surface area contributed by atoms with Crippen molar-refractivity contribution in [2.24, 2.45) is 5.92 Å². The average Bonchev–Trinajstić information content (AvgIpc) is 3.15. The van der Waals surface area contributed by atoms with Gasteiger partial charge in [0, 0.05) is 4.70 Å². The van der Waals surface area contributed by atoms with E-state index in [1.54, 1.807) is 17.4 Å². The number of ether oxygens (including phenoxy) is 1. The number of nitrogens with zero attached hydrogens (tertiary/aromatic N) is 1. The summed E-state index contributed by atoms with van der Waals surface area (Å²) in [7, 11) is 0. The Morgan fingerprint density at radius 2 is 1.91 bits per heavy atom. The van der Waals surface area contributed by atoms with Crippen LogP contribution in [0.2, 0.25) is 0 Å². The monoisotopic (exact) mass is 475 g/mol. The lowest BCUT2D eigenvalue weighted by Gasteiger charge is -2.32. The number of aryl methyl sites for hydroxylation is 2. The number of carboxylic acid groups (broad SMARTS) is 1. The number of fused-ring (bicyclic) bond motifs is 2. The smallest absolute Gasteiger partial charge is 0.336 e. The van der Waals surface area contributed by atoms with Crippen LogP contribution in [0.3, 0.4) is 0 Å². The molecule has 1 aliphatic rings. The van der Waals surface area contributed by atoms with Crippen LogP contribution in [0.1, 0.15) is 54.1 Å². The fourth-order valence-electron chi connectivity index (χ4n) is 4.94. The Morgan fingerprint density at radius 3 is 2.62 bits per heavy atom. The van der Waals surface area contributed by atoms with Gasteiger partial charge in [-0.2, -0.15) is 0 Å². The van der Waals surface area contributed by atoms with Crippen LogP contribution in [0.4, 0.5) is 0 Å². The number of thiophene rings is 1. The van der Waals surface area contributed by atoms with E-state index in [4.69, 9.17) is 9.72 Å². The molecule has 34 heavy (non-hydrogen) atoms. The number of aromatic carboxylic acids is 1. The third-order valence-electron chi connectivity index (χ3n) is 7.09. The summed E-state index contributed by atoms with van der Waals surface area (Å²) < 4.78 is 7.37. The molecule has 1 fully saturated rings. The van der Waals surface area contributed by atoms with E-state index >= 15 is 0 Å². The molecule has 0 saturated heterocycles. The lowest BCUT2D eigenvalue weighted by Crippen LogP contribution is -2.32. The van der Waals surface area contributed by atoms with E-state index in [0.717, 1.165) is 46.4 Å². The molecule has 4 aromatic rings. The molecule has 0 spiro atoms. The van der Waals surface area contributed by atoms with E-state index < -0.39 is 11.6 Å². The molecule has 0 atom stereocenters. The highest BCUT2D eigenvalue weighted by molar-refractivity contribution is 7.22. The summed E-state index contributed by atoms with van der Waals surface area (Å²) in [4.78, 5) is 18.3. The Labute approximate surface area is 203 Å². The summed E-state index contributed by atoms with van der Waals surface area (Å²) in [5.74, 6) is -0.0858. The van der Waals surface area contributed by atoms with E-state index in [-0.39, 0.29) is 5.56 Å². The van der Waals surface area contributed by atoms with Crippen LogP contribution >= 0.6 is 11.3 Å². The van der Waals surface area contributed by atoms with E-state index in [1.165, 1.54) is 5.39 Å². The fraction of sp³-hybridized carbons (Fsp3) is 0.357. The summed E-state index contributed by atoms with van der Waals surface area (Å²) in [5.41, 5.74) is 2.99. The summed E-state index contributed by atoms with van der Waals surface area (Å²) >= 11 is 1.64. The average molecular weight is 476 g/mol. The predicted molar refractivity (Wildman–Crippen MR) is 137 cm³/mol. The van der Waals surface area contributed by atoms with Crippen LogP contribution in [0.15, 0.2) is 42.5 Å². The number of carboxylic acids is 1. The molecule has 176 valence electrons. The van der Waals surface area contributed by atoms with Crippen molar-refractivity contribution in [3.8, 4) is 16.3 Å². The van der Waals surface area contributed by atoms with Crippen molar-refractivity contribution < 1.29 is 19.7 Å². The Bertz CT molecular complexity index is 1390. The quantitative estimate of drug-likeness (QED) is 0.334. The van der Waals surface area contributed by atoms with Gasteiger partial charge in [-0.1, -0.05) is 24.3 Å². The van der Waals surface area contributed by atoms with Gasteiger partial charge in [0.05, 0.1) is 39.2 Å². The molecule has 0 bridgehead atoms. The van der Waals surface area contributed by atoms with Gasteiger partial charge in [-0.3, -0.25) is 0 Å². The zero-order valence-corrected chi connectivity index (χ0v) is 20.5. The second-order valence-corrected chi connectivity index (χ2v) is 10.8. The van der Waals surface area contributed by atoms with Crippen molar-refractivity contribution >= 4 is 38.3 Å². The normalized spacial score (nSPS) is 20.6. The second kappa shape index (κ2) is 8.67. The number of rotatable bonds is 5. The summed E-state index contributed by atoms with van der Waals surface area (Å²) in [5, 5.41) is 22.1. The zero-order valence-electron chi connectivity index (χ0n) is 19.7. The Balaban J connectivity index is 1.56. The summed E-state index contributed by atoms with van der Waals surface area (Å²) in [6.45, 7) is 6.41. The molecule has 6 heteroatoms. The summed E-state index contributed by atoms with van der Waals surface area (Å²) in [6.07, 6.45) is 3.32. The van der Waals surface area contributed by atoms with Crippen molar-refractivity contribution in [2.45, 2.75) is 52.1 Å². The lowest BCUT2D eigenvalue weighted by molar-refractivity contribution is 0.00159. The topological polar surface area (TPSA) is 79.7 Å². The van der Waals surface area contributed by atoms with Crippen molar-refractivity contribution in [1.82, 2.24) is 4.98 Å². The fourth-order valence-corrected chi connectivity index (χ4v) is 6.11. The van der Waals surface area contributed by atoms with Crippen molar-refractivity contribution in [3.05, 3.63) is 59.2 Å². The van der Waals surface area contributed by atoms with E-state index in [9.17, 15) is 15.0 Å². The van der Waals surface area contributed by atoms with E-state index in [1.807, 2.05) is 38.1 Å². The molecule has 0 unspecified atom stereocenters. The molecule has 2 heterocycles. The molecule has 5 nitrogen and oxygen atoms in total. The van der Waals surface area contributed by atoms with Crippen molar-refractivity contribution in [1.29, 1.82) is 0 Å². The summed E-state index contributed by atoms with van der Waals surface area (Å²) in [6, 6.07) is 13.7. The molecule has 2 aromatic heterocycles. The Kier molecular flexibility index (Phi) is 5.82. The van der Waals surface area contributed by atoms with Gasteiger partial charge in [0.1, 0.15) is 5.75 Å². The number of hydrogen-bond acceptors (Lipinski definition) is 5. The standard InChI is InChI=1S/C28H29NO4S/c1-16-8-9-22(33-15-18-10-12-28(3,32)13-11-18)24-20(27(30)31)14-21(29-25(16)24)26-17(2)19-6-4-5-7-23(19)34-26/h4-9,14,18,32H,10-13,15H2,1-3H3,(H,30,31)/t18-,28+. The van der Waals surface area contributed by atoms with Crippen LogP contribution in [-0.4, -0.2) is 33.4 Å². The first kappa shape index (κ1) is 22.8. The van der Waals surface area contributed by atoms with Gasteiger partial charge in [-0.25, -0.2) is 9.78 Å². The molecular weight excluding hydrogens is 446 g/mol. The number of aromatic nitrogens is 1. The zero-order chi connectivity index (χ0) is 24.0. The minimum atomic E-state index is -0.989. The van der Waals surface area contributed by atoms with Crippen LogP contribution in [0, 0.1) is 19.8 Å². The highest BCUT2D eigenvalue weighted by Crippen LogP contribution is 2.40. The van der Waals surface area contributed by atoms with Gasteiger partial charge < -0.3 is 14.9 Å². The molecule has 1 saturated carbocycles. The Hall–Kier alpha value is -2.96. The molecule has 5 rings (SSSR count). The first-order chi connectivity index (χ1) is 16.2. The minimum Gasteiger partial charge on any atom is -0.493 e. The number of benzene rings is 2. The van der Waals surface area contributed by atoms with E-state index in [2.05, 4.69) is 19.1 Å². The second-order valence-electron chi connectivity index (χ2n) is 9.77. The number of pyridine rings is 1. The van der Waals surface area contributed by atoms with Crippen LogP contribution in [0.5, 0.6) is 5.75 Å². The number of hydrogen-bond donors (Lipinski definition) is 2. The van der Waals surface area contributed by atoms with Gasteiger partial charge >= 0.3 is 5.97 Å². The molecule has 0 aliphatic heterocycles. The number of aliphatic hydroxyl groups is 1. The third-order valence-corrected chi connectivity index (χ3v) is 8.38. The van der Waals surface area contributed by atoms with Gasteiger partial charge in [0.15, 0.2) is 0 Å². The first-order valence-electron chi connectivity index (χ1n) is 11.7. The van der Waals surface area contributed by atoms with Crippen molar-refractivity contribution in [2.75, 3.05) is 6.61 Å². The molecule has 2 aromatic carbocycles. The molecule has 1 aliphatic carbocycles. The van der Waals surface area contributed by atoms with Gasteiger partial charge in [0.2, 0.25) is 0 Å². The van der Waals surface area contributed by atoms with Crippen LogP contribution in [0.25, 0.3) is 31.6 Å².